The standard InChI is InChI=1S/C17H20N2O2/c1-3-19(16-12-15(20)6-4-13(16)2)17(21)7-5-14-8-10-18-11-9-14/h4,6,8-12,20H,3,5,7H2,1-2H3. The van der Waals surface area contributed by atoms with Gasteiger partial charge in [-0.3, -0.25) is 9.78 Å². The summed E-state index contributed by atoms with van der Waals surface area (Å²) in [6.45, 7) is 4.46. The highest BCUT2D eigenvalue weighted by Gasteiger charge is 2.16. The largest absolute Gasteiger partial charge is 0.508 e. The van der Waals surface area contributed by atoms with Crippen LogP contribution >= 0.6 is 0 Å². The summed E-state index contributed by atoms with van der Waals surface area (Å²) < 4.78 is 0. The van der Waals surface area contributed by atoms with Crippen molar-refractivity contribution in [2.75, 3.05) is 11.4 Å². The first kappa shape index (κ1) is 15.0. The Morgan fingerprint density at radius 2 is 1.95 bits per heavy atom. The molecule has 0 aliphatic rings. The zero-order valence-corrected chi connectivity index (χ0v) is 12.4. The Morgan fingerprint density at radius 3 is 2.62 bits per heavy atom. The van der Waals surface area contributed by atoms with Crippen molar-refractivity contribution < 1.29 is 9.90 Å². The highest BCUT2D eigenvalue weighted by molar-refractivity contribution is 5.94. The molecule has 110 valence electrons. The smallest absolute Gasteiger partial charge is 0.227 e. The van der Waals surface area contributed by atoms with Crippen LogP contribution in [-0.4, -0.2) is 22.5 Å². The second-order valence-corrected chi connectivity index (χ2v) is 4.96. The number of benzene rings is 1. The predicted octanol–water partition coefficient (Wildman–Crippen LogP) is 3.08. The van der Waals surface area contributed by atoms with Gasteiger partial charge in [0.25, 0.3) is 0 Å². The number of aromatic nitrogens is 1. The van der Waals surface area contributed by atoms with E-state index < -0.39 is 0 Å². The van der Waals surface area contributed by atoms with E-state index in [2.05, 4.69) is 4.98 Å². The van der Waals surface area contributed by atoms with E-state index in [1.165, 1.54) is 0 Å². The van der Waals surface area contributed by atoms with Crippen LogP contribution in [0.4, 0.5) is 5.69 Å². The molecule has 0 fully saturated rings. The maximum absolute atomic E-state index is 12.4. The lowest BCUT2D eigenvalue weighted by Gasteiger charge is -2.23. The Morgan fingerprint density at radius 1 is 1.24 bits per heavy atom. The number of carbonyl (C=O) groups is 1. The zero-order valence-electron chi connectivity index (χ0n) is 12.4. The number of aromatic hydroxyl groups is 1. The van der Waals surface area contributed by atoms with Crippen LogP contribution in [0.3, 0.4) is 0 Å². The van der Waals surface area contributed by atoms with Crippen molar-refractivity contribution in [2.24, 2.45) is 0 Å². The Bertz CT molecular complexity index is 611. The predicted molar refractivity (Wildman–Crippen MR) is 83.4 cm³/mol. The highest BCUT2D eigenvalue weighted by Crippen LogP contribution is 2.25. The molecule has 0 spiro atoms. The summed E-state index contributed by atoms with van der Waals surface area (Å²) in [5.74, 6) is 0.235. The van der Waals surface area contributed by atoms with Gasteiger partial charge in [0.05, 0.1) is 5.69 Å². The van der Waals surface area contributed by atoms with Crippen LogP contribution in [0.25, 0.3) is 0 Å². The van der Waals surface area contributed by atoms with Crippen molar-refractivity contribution in [3.63, 3.8) is 0 Å². The molecule has 4 nitrogen and oxygen atoms in total. The Labute approximate surface area is 125 Å². The third-order valence-electron chi connectivity index (χ3n) is 3.48. The van der Waals surface area contributed by atoms with Crippen molar-refractivity contribution in [3.05, 3.63) is 53.9 Å². The minimum Gasteiger partial charge on any atom is -0.508 e. The zero-order chi connectivity index (χ0) is 15.2. The number of rotatable bonds is 5. The van der Waals surface area contributed by atoms with E-state index in [9.17, 15) is 9.90 Å². The quantitative estimate of drug-likeness (QED) is 0.918. The van der Waals surface area contributed by atoms with Crippen molar-refractivity contribution in [1.29, 1.82) is 0 Å². The van der Waals surface area contributed by atoms with Crippen LogP contribution < -0.4 is 4.90 Å². The number of phenols is 1. The van der Waals surface area contributed by atoms with Gasteiger partial charge in [0.2, 0.25) is 5.91 Å². The lowest BCUT2D eigenvalue weighted by Crippen LogP contribution is -2.31. The number of hydrogen-bond acceptors (Lipinski definition) is 3. The SMILES string of the molecule is CCN(C(=O)CCc1ccncc1)c1cc(O)ccc1C. The fourth-order valence-corrected chi connectivity index (χ4v) is 2.31. The van der Waals surface area contributed by atoms with Crippen molar-refractivity contribution >= 4 is 11.6 Å². The van der Waals surface area contributed by atoms with Gasteiger partial charge in [-0.1, -0.05) is 6.07 Å². The van der Waals surface area contributed by atoms with Gasteiger partial charge in [-0.2, -0.15) is 0 Å². The van der Waals surface area contributed by atoms with Crippen LogP contribution in [0.2, 0.25) is 0 Å². The second-order valence-electron chi connectivity index (χ2n) is 4.96. The van der Waals surface area contributed by atoms with E-state index in [0.717, 1.165) is 16.8 Å². The number of aryl methyl sites for hydroxylation is 2. The number of phenolic OH excluding ortho intramolecular Hbond substituents is 1. The van der Waals surface area contributed by atoms with Crippen LogP contribution in [0.15, 0.2) is 42.7 Å². The lowest BCUT2D eigenvalue weighted by molar-refractivity contribution is -0.118. The van der Waals surface area contributed by atoms with Crippen LogP contribution in [0.1, 0.15) is 24.5 Å². The van der Waals surface area contributed by atoms with E-state index in [4.69, 9.17) is 0 Å². The van der Waals surface area contributed by atoms with Gasteiger partial charge in [-0.15, -0.1) is 0 Å². The topological polar surface area (TPSA) is 53.4 Å². The monoisotopic (exact) mass is 284 g/mol. The Balaban J connectivity index is 2.10. The van der Waals surface area contributed by atoms with Crippen LogP contribution in [-0.2, 0) is 11.2 Å². The minimum absolute atomic E-state index is 0.0583. The molecule has 1 aromatic heterocycles. The van der Waals surface area contributed by atoms with Crippen molar-refractivity contribution in [2.45, 2.75) is 26.7 Å². The van der Waals surface area contributed by atoms with Gasteiger partial charge in [0.15, 0.2) is 0 Å². The van der Waals surface area contributed by atoms with Gasteiger partial charge in [0.1, 0.15) is 5.75 Å². The van der Waals surface area contributed by atoms with Crippen LogP contribution in [0.5, 0.6) is 5.75 Å². The molecule has 2 rings (SSSR count). The van der Waals surface area contributed by atoms with E-state index in [1.807, 2.05) is 32.0 Å². The summed E-state index contributed by atoms with van der Waals surface area (Å²) in [5.41, 5.74) is 2.85. The molecule has 1 amide bonds. The molecule has 21 heavy (non-hydrogen) atoms. The molecule has 0 saturated carbocycles. The van der Waals surface area contributed by atoms with Crippen LogP contribution in [0, 0.1) is 6.92 Å². The molecular formula is C17H20N2O2. The van der Waals surface area contributed by atoms with Gasteiger partial charge in [-0.25, -0.2) is 0 Å². The van der Waals surface area contributed by atoms with Gasteiger partial charge < -0.3 is 10.0 Å². The van der Waals surface area contributed by atoms with Gasteiger partial charge >= 0.3 is 0 Å². The van der Waals surface area contributed by atoms with E-state index in [1.54, 1.807) is 29.4 Å². The molecule has 0 aliphatic heterocycles. The highest BCUT2D eigenvalue weighted by atomic mass is 16.3. The molecular weight excluding hydrogens is 264 g/mol. The first-order valence-corrected chi connectivity index (χ1v) is 7.10. The third kappa shape index (κ3) is 3.81. The molecule has 4 heteroatoms. The normalized spacial score (nSPS) is 10.4. The maximum atomic E-state index is 12.4. The molecule has 0 saturated heterocycles. The Kier molecular flexibility index (Phi) is 4.93. The fraction of sp³-hybridized carbons (Fsp3) is 0.294. The number of hydrogen-bond donors (Lipinski definition) is 1. The van der Waals surface area contributed by atoms with Gasteiger partial charge in [-0.05, 0) is 49.6 Å². The molecule has 0 bridgehead atoms. The minimum atomic E-state index is 0.0583. The van der Waals surface area contributed by atoms with E-state index >= 15 is 0 Å². The molecule has 1 heterocycles. The first-order chi connectivity index (χ1) is 10.1. The summed E-state index contributed by atoms with van der Waals surface area (Å²) in [5, 5.41) is 9.63. The van der Waals surface area contributed by atoms with Gasteiger partial charge in [0, 0.05) is 31.4 Å². The Hall–Kier alpha value is -2.36. The summed E-state index contributed by atoms with van der Waals surface area (Å²) in [4.78, 5) is 18.1. The lowest BCUT2D eigenvalue weighted by atomic mass is 10.1. The molecule has 0 unspecified atom stereocenters. The van der Waals surface area contributed by atoms with E-state index in [-0.39, 0.29) is 11.7 Å². The molecule has 2 aromatic rings. The molecule has 0 atom stereocenters. The number of anilines is 1. The maximum Gasteiger partial charge on any atom is 0.227 e. The summed E-state index contributed by atoms with van der Waals surface area (Å²) in [6, 6.07) is 8.94. The third-order valence-corrected chi connectivity index (χ3v) is 3.48. The van der Waals surface area contributed by atoms with Crippen molar-refractivity contribution in [3.8, 4) is 5.75 Å². The number of carbonyl (C=O) groups excluding carboxylic acids is 1. The average Bonchev–Trinajstić information content (AvgIpc) is 2.50. The number of amides is 1. The summed E-state index contributed by atoms with van der Waals surface area (Å²) >= 11 is 0. The van der Waals surface area contributed by atoms with E-state index in [0.29, 0.717) is 19.4 Å². The molecule has 0 aliphatic carbocycles. The number of pyridine rings is 1. The summed E-state index contributed by atoms with van der Waals surface area (Å²) in [6.07, 6.45) is 4.59. The average molecular weight is 284 g/mol. The molecule has 1 N–H and O–H groups in total. The van der Waals surface area contributed by atoms with Crippen molar-refractivity contribution in [1.82, 2.24) is 4.98 Å². The second kappa shape index (κ2) is 6.88. The number of nitrogens with zero attached hydrogens (tertiary/aromatic N) is 2. The molecule has 0 radical (unpaired) electrons. The summed E-state index contributed by atoms with van der Waals surface area (Å²) in [7, 11) is 0. The fourth-order valence-electron chi connectivity index (χ4n) is 2.31. The first-order valence-electron chi connectivity index (χ1n) is 7.10. The molecule has 1 aromatic carbocycles.